The van der Waals surface area contributed by atoms with Crippen molar-refractivity contribution in [3.63, 3.8) is 0 Å². The highest BCUT2D eigenvalue weighted by Gasteiger charge is 2.12. The van der Waals surface area contributed by atoms with Crippen molar-refractivity contribution < 1.29 is 9.84 Å². The van der Waals surface area contributed by atoms with Gasteiger partial charge in [0.25, 0.3) is 0 Å². The first-order chi connectivity index (χ1) is 6.72. The van der Waals surface area contributed by atoms with Crippen LogP contribution >= 0.6 is 11.6 Å². The van der Waals surface area contributed by atoms with Crippen molar-refractivity contribution in [1.82, 2.24) is 0 Å². The highest BCUT2D eigenvalue weighted by atomic mass is 35.5. The van der Waals surface area contributed by atoms with Gasteiger partial charge in [0, 0.05) is 17.5 Å². The molecule has 14 heavy (non-hydrogen) atoms. The summed E-state index contributed by atoms with van der Waals surface area (Å²) in [6, 6.07) is 5.54. The van der Waals surface area contributed by atoms with Crippen LogP contribution < -0.4 is 4.74 Å². The normalized spacial score (nSPS) is 12.6. The molecule has 0 fully saturated rings. The van der Waals surface area contributed by atoms with Crippen LogP contribution in [-0.4, -0.2) is 18.8 Å². The summed E-state index contributed by atoms with van der Waals surface area (Å²) in [4.78, 5) is 0. The van der Waals surface area contributed by atoms with E-state index in [0.29, 0.717) is 5.02 Å². The Morgan fingerprint density at radius 1 is 1.50 bits per heavy atom. The molecule has 0 spiro atoms. The van der Waals surface area contributed by atoms with E-state index >= 15 is 0 Å². The average Bonchev–Trinajstić information content (AvgIpc) is 2.22. The summed E-state index contributed by atoms with van der Waals surface area (Å²) in [5, 5.41) is 9.80. The molecule has 78 valence electrons. The van der Waals surface area contributed by atoms with Crippen molar-refractivity contribution in [3.05, 3.63) is 28.8 Å². The smallest absolute Gasteiger partial charge is 0.120 e. The second kappa shape index (κ2) is 5.23. The van der Waals surface area contributed by atoms with Crippen LogP contribution in [0.3, 0.4) is 0 Å². The molecule has 0 bridgehead atoms. The third-order valence-corrected chi connectivity index (χ3v) is 2.69. The zero-order valence-electron chi connectivity index (χ0n) is 8.46. The van der Waals surface area contributed by atoms with Crippen molar-refractivity contribution in [2.45, 2.75) is 19.3 Å². The largest absolute Gasteiger partial charge is 0.497 e. The van der Waals surface area contributed by atoms with Crippen LogP contribution in [0, 0.1) is 0 Å². The van der Waals surface area contributed by atoms with Crippen LogP contribution in [0.5, 0.6) is 5.75 Å². The molecular weight excluding hydrogens is 200 g/mol. The predicted molar refractivity (Wildman–Crippen MR) is 58.1 cm³/mol. The standard InChI is InChI=1S/C11H15ClO2/c1-3-8(7-13)10-5-4-9(14-2)6-11(10)12/h4-6,8,13H,3,7H2,1-2H3. The molecule has 0 heterocycles. The average molecular weight is 215 g/mol. The van der Waals surface area contributed by atoms with Gasteiger partial charge in [-0.1, -0.05) is 24.6 Å². The van der Waals surface area contributed by atoms with Gasteiger partial charge in [-0.15, -0.1) is 0 Å². The first-order valence-electron chi connectivity index (χ1n) is 4.67. The van der Waals surface area contributed by atoms with E-state index in [4.69, 9.17) is 21.4 Å². The number of aliphatic hydroxyl groups is 1. The van der Waals surface area contributed by atoms with Crippen LogP contribution in [0.15, 0.2) is 18.2 Å². The number of halogens is 1. The molecule has 0 aliphatic rings. The Bertz CT molecular complexity index is 295. The third kappa shape index (κ3) is 2.40. The van der Waals surface area contributed by atoms with Crippen molar-refractivity contribution in [3.8, 4) is 5.75 Å². The van der Waals surface area contributed by atoms with Gasteiger partial charge < -0.3 is 9.84 Å². The molecule has 1 aromatic rings. The van der Waals surface area contributed by atoms with E-state index in [1.165, 1.54) is 0 Å². The number of methoxy groups -OCH3 is 1. The van der Waals surface area contributed by atoms with Gasteiger partial charge in [-0.2, -0.15) is 0 Å². The summed E-state index contributed by atoms with van der Waals surface area (Å²) in [5.41, 5.74) is 0.984. The van der Waals surface area contributed by atoms with E-state index < -0.39 is 0 Å². The van der Waals surface area contributed by atoms with Gasteiger partial charge >= 0.3 is 0 Å². The monoisotopic (exact) mass is 214 g/mol. The van der Waals surface area contributed by atoms with E-state index in [1.807, 2.05) is 19.1 Å². The fraction of sp³-hybridized carbons (Fsp3) is 0.455. The van der Waals surface area contributed by atoms with Crippen LogP contribution in [0.4, 0.5) is 0 Å². The molecule has 0 aliphatic carbocycles. The van der Waals surface area contributed by atoms with Gasteiger partial charge in [-0.05, 0) is 24.1 Å². The molecule has 2 nitrogen and oxygen atoms in total. The summed E-state index contributed by atoms with van der Waals surface area (Å²) in [6.45, 7) is 2.16. The Kier molecular flexibility index (Phi) is 4.23. The van der Waals surface area contributed by atoms with Gasteiger partial charge in [0.2, 0.25) is 0 Å². The molecule has 0 aromatic heterocycles. The molecule has 0 radical (unpaired) electrons. The molecule has 1 atom stereocenters. The molecule has 0 aliphatic heterocycles. The van der Waals surface area contributed by atoms with Gasteiger partial charge in [-0.3, -0.25) is 0 Å². The van der Waals surface area contributed by atoms with E-state index in [0.717, 1.165) is 17.7 Å². The van der Waals surface area contributed by atoms with Gasteiger partial charge in [0.05, 0.1) is 7.11 Å². The minimum atomic E-state index is 0.119. The Balaban J connectivity index is 2.98. The molecular formula is C11H15ClO2. The maximum atomic E-state index is 9.14. The Hall–Kier alpha value is -0.730. The highest BCUT2D eigenvalue weighted by molar-refractivity contribution is 6.31. The molecule has 0 saturated heterocycles. The van der Waals surface area contributed by atoms with E-state index in [1.54, 1.807) is 13.2 Å². The van der Waals surface area contributed by atoms with Crippen molar-refractivity contribution in [1.29, 1.82) is 0 Å². The number of aliphatic hydroxyl groups excluding tert-OH is 1. The Labute approximate surface area is 89.5 Å². The van der Waals surface area contributed by atoms with Crippen molar-refractivity contribution >= 4 is 11.6 Å². The van der Waals surface area contributed by atoms with Crippen molar-refractivity contribution in [2.24, 2.45) is 0 Å². The maximum absolute atomic E-state index is 9.14. The summed E-state index contributed by atoms with van der Waals surface area (Å²) >= 11 is 6.07. The van der Waals surface area contributed by atoms with E-state index in [2.05, 4.69) is 0 Å². The topological polar surface area (TPSA) is 29.5 Å². The molecule has 0 saturated carbocycles. The second-order valence-corrected chi connectivity index (χ2v) is 3.58. The third-order valence-electron chi connectivity index (χ3n) is 2.36. The fourth-order valence-corrected chi connectivity index (χ4v) is 1.74. The second-order valence-electron chi connectivity index (χ2n) is 3.18. The minimum absolute atomic E-state index is 0.119. The first kappa shape index (κ1) is 11.3. The summed E-state index contributed by atoms with van der Waals surface area (Å²) < 4.78 is 5.05. The lowest BCUT2D eigenvalue weighted by Crippen LogP contribution is -2.03. The predicted octanol–water partition coefficient (Wildman–Crippen LogP) is 2.83. The lowest BCUT2D eigenvalue weighted by molar-refractivity contribution is 0.262. The molecule has 1 unspecified atom stereocenters. The minimum Gasteiger partial charge on any atom is -0.497 e. The number of hydrogen-bond acceptors (Lipinski definition) is 2. The van der Waals surface area contributed by atoms with E-state index in [9.17, 15) is 0 Å². The lowest BCUT2D eigenvalue weighted by atomic mass is 9.97. The molecule has 3 heteroatoms. The quantitative estimate of drug-likeness (QED) is 0.835. The van der Waals surface area contributed by atoms with Crippen molar-refractivity contribution in [2.75, 3.05) is 13.7 Å². The number of rotatable bonds is 4. The Morgan fingerprint density at radius 2 is 2.21 bits per heavy atom. The van der Waals surface area contributed by atoms with Gasteiger partial charge in [0.15, 0.2) is 0 Å². The first-order valence-corrected chi connectivity index (χ1v) is 5.05. The number of hydrogen-bond donors (Lipinski definition) is 1. The molecule has 0 amide bonds. The maximum Gasteiger partial charge on any atom is 0.120 e. The molecule has 1 aromatic carbocycles. The van der Waals surface area contributed by atoms with Crippen LogP contribution in [0.1, 0.15) is 24.8 Å². The van der Waals surface area contributed by atoms with Crippen LogP contribution in [-0.2, 0) is 0 Å². The van der Waals surface area contributed by atoms with E-state index in [-0.39, 0.29) is 12.5 Å². The molecule has 1 N–H and O–H groups in total. The molecule has 1 rings (SSSR count). The fourth-order valence-electron chi connectivity index (χ4n) is 1.41. The highest BCUT2D eigenvalue weighted by Crippen LogP contribution is 2.29. The zero-order valence-corrected chi connectivity index (χ0v) is 9.21. The van der Waals surface area contributed by atoms with Gasteiger partial charge in [-0.25, -0.2) is 0 Å². The summed E-state index contributed by atoms with van der Waals surface area (Å²) in [6.07, 6.45) is 0.878. The number of ether oxygens (including phenoxy) is 1. The summed E-state index contributed by atoms with van der Waals surface area (Å²) in [5.74, 6) is 0.861. The lowest BCUT2D eigenvalue weighted by Gasteiger charge is -2.14. The Morgan fingerprint density at radius 3 is 2.64 bits per heavy atom. The van der Waals surface area contributed by atoms with Crippen LogP contribution in [0.25, 0.3) is 0 Å². The van der Waals surface area contributed by atoms with Gasteiger partial charge in [0.1, 0.15) is 5.75 Å². The zero-order chi connectivity index (χ0) is 10.6. The number of benzene rings is 1. The summed E-state index contributed by atoms with van der Waals surface area (Å²) in [7, 11) is 1.61. The van der Waals surface area contributed by atoms with Crippen LogP contribution in [0.2, 0.25) is 5.02 Å². The SMILES string of the molecule is CCC(CO)c1ccc(OC)cc1Cl.